The van der Waals surface area contributed by atoms with Gasteiger partial charge in [0, 0.05) is 12.0 Å². The van der Waals surface area contributed by atoms with E-state index in [1.807, 2.05) is 36.4 Å². The third-order valence-electron chi connectivity index (χ3n) is 3.48. The van der Waals surface area contributed by atoms with Crippen LogP contribution in [0.2, 0.25) is 0 Å². The standard InChI is InChI=1S/C18H20O3/c1-2-7-15(8-3-1)16-9-4-5-10-17(16)19-14-11-18-20-12-6-13-21-18/h1-5,7-10,18H,6,11-14H2. The molecule has 0 N–H and O–H groups in total. The molecule has 1 fully saturated rings. The maximum Gasteiger partial charge on any atom is 0.160 e. The van der Waals surface area contributed by atoms with Crippen molar-refractivity contribution in [2.24, 2.45) is 0 Å². The van der Waals surface area contributed by atoms with Crippen LogP contribution < -0.4 is 4.74 Å². The molecule has 0 saturated carbocycles. The molecule has 2 aromatic rings. The normalized spacial score (nSPS) is 15.8. The maximum atomic E-state index is 5.93. The fourth-order valence-electron chi connectivity index (χ4n) is 2.42. The van der Waals surface area contributed by atoms with Gasteiger partial charge in [-0.25, -0.2) is 0 Å². The quantitative estimate of drug-likeness (QED) is 0.833. The Morgan fingerprint density at radius 3 is 2.43 bits per heavy atom. The van der Waals surface area contributed by atoms with Gasteiger partial charge >= 0.3 is 0 Å². The van der Waals surface area contributed by atoms with Gasteiger partial charge in [-0.3, -0.25) is 0 Å². The molecule has 0 atom stereocenters. The fourth-order valence-corrected chi connectivity index (χ4v) is 2.42. The second-order valence-electron chi connectivity index (χ2n) is 5.02. The Kier molecular flexibility index (Phi) is 4.87. The van der Waals surface area contributed by atoms with Crippen LogP contribution in [0.25, 0.3) is 11.1 Å². The minimum absolute atomic E-state index is 0.123. The van der Waals surface area contributed by atoms with Crippen LogP contribution >= 0.6 is 0 Å². The van der Waals surface area contributed by atoms with Crippen molar-refractivity contribution in [1.29, 1.82) is 0 Å². The molecule has 0 bridgehead atoms. The third-order valence-corrected chi connectivity index (χ3v) is 3.48. The maximum absolute atomic E-state index is 5.93. The van der Waals surface area contributed by atoms with Crippen molar-refractivity contribution in [1.82, 2.24) is 0 Å². The van der Waals surface area contributed by atoms with Crippen molar-refractivity contribution in [3.05, 3.63) is 54.6 Å². The van der Waals surface area contributed by atoms with E-state index in [2.05, 4.69) is 18.2 Å². The molecule has 21 heavy (non-hydrogen) atoms. The largest absolute Gasteiger partial charge is 0.493 e. The van der Waals surface area contributed by atoms with Crippen molar-refractivity contribution < 1.29 is 14.2 Å². The van der Waals surface area contributed by atoms with E-state index in [9.17, 15) is 0 Å². The number of hydrogen-bond acceptors (Lipinski definition) is 3. The molecule has 110 valence electrons. The van der Waals surface area contributed by atoms with Crippen LogP contribution in [0.1, 0.15) is 12.8 Å². The first kappa shape index (κ1) is 14.1. The molecule has 0 aromatic heterocycles. The minimum atomic E-state index is -0.123. The zero-order valence-corrected chi connectivity index (χ0v) is 12.0. The molecule has 0 aliphatic carbocycles. The average Bonchev–Trinajstić information content (AvgIpc) is 2.57. The average molecular weight is 284 g/mol. The Hall–Kier alpha value is -1.84. The predicted molar refractivity (Wildman–Crippen MR) is 82.3 cm³/mol. The molecular formula is C18H20O3. The lowest BCUT2D eigenvalue weighted by Crippen LogP contribution is -2.26. The minimum Gasteiger partial charge on any atom is -0.493 e. The summed E-state index contributed by atoms with van der Waals surface area (Å²) >= 11 is 0. The van der Waals surface area contributed by atoms with Gasteiger partial charge in [0.15, 0.2) is 6.29 Å². The molecule has 0 spiro atoms. The van der Waals surface area contributed by atoms with Gasteiger partial charge in [-0.15, -0.1) is 0 Å². The molecule has 0 amide bonds. The molecule has 1 heterocycles. The summed E-state index contributed by atoms with van der Waals surface area (Å²) in [4.78, 5) is 0. The highest BCUT2D eigenvalue weighted by atomic mass is 16.7. The Morgan fingerprint density at radius 2 is 1.62 bits per heavy atom. The Bertz CT molecular complexity index is 547. The van der Waals surface area contributed by atoms with Crippen LogP contribution in [0.3, 0.4) is 0 Å². The molecule has 3 nitrogen and oxygen atoms in total. The number of ether oxygens (including phenoxy) is 3. The van der Waals surface area contributed by atoms with Crippen LogP contribution in [0.15, 0.2) is 54.6 Å². The van der Waals surface area contributed by atoms with E-state index in [0.29, 0.717) is 6.61 Å². The van der Waals surface area contributed by atoms with E-state index in [1.165, 1.54) is 5.56 Å². The van der Waals surface area contributed by atoms with Crippen molar-refractivity contribution in [2.75, 3.05) is 19.8 Å². The van der Waals surface area contributed by atoms with Crippen molar-refractivity contribution in [2.45, 2.75) is 19.1 Å². The topological polar surface area (TPSA) is 27.7 Å². The van der Waals surface area contributed by atoms with E-state index in [1.54, 1.807) is 0 Å². The summed E-state index contributed by atoms with van der Waals surface area (Å²) in [5, 5.41) is 0. The highest BCUT2D eigenvalue weighted by Crippen LogP contribution is 2.29. The second-order valence-corrected chi connectivity index (χ2v) is 5.02. The summed E-state index contributed by atoms with van der Waals surface area (Å²) in [6, 6.07) is 18.4. The fraction of sp³-hybridized carbons (Fsp3) is 0.333. The molecule has 1 aliphatic rings. The van der Waals surface area contributed by atoms with Gasteiger partial charge in [0.25, 0.3) is 0 Å². The van der Waals surface area contributed by atoms with Crippen LogP contribution in [0, 0.1) is 0 Å². The summed E-state index contributed by atoms with van der Waals surface area (Å²) in [7, 11) is 0. The first-order valence-electron chi connectivity index (χ1n) is 7.44. The monoisotopic (exact) mass is 284 g/mol. The van der Waals surface area contributed by atoms with E-state index in [4.69, 9.17) is 14.2 Å². The summed E-state index contributed by atoms with van der Waals surface area (Å²) in [5.41, 5.74) is 2.28. The second kappa shape index (κ2) is 7.25. The van der Waals surface area contributed by atoms with Gasteiger partial charge in [0.1, 0.15) is 5.75 Å². The molecule has 0 radical (unpaired) electrons. The number of rotatable bonds is 5. The van der Waals surface area contributed by atoms with Crippen LogP contribution in [0.5, 0.6) is 5.75 Å². The Morgan fingerprint density at radius 1 is 0.905 bits per heavy atom. The predicted octanol–water partition coefficient (Wildman–Crippen LogP) is 3.89. The van der Waals surface area contributed by atoms with E-state index in [-0.39, 0.29) is 6.29 Å². The number of para-hydroxylation sites is 1. The zero-order chi connectivity index (χ0) is 14.3. The SMILES string of the molecule is c1ccc(-c2ccccc2OCCC2OCCCO2)cc1. The van der Waals surface area contributed by atoms with Crippen molar-refractivity contribution in [3.63, 3.8) is 0 Å². The lowest BCUT2D eigenvalue weighted by atomic mass is 10.1. The lowest BCUT2D eigenvalue weighted by Gasteiger charge is -2.23. The van der Waals surface area contributed by atoms with Gasteiger partial charge in [-0.1, -0.05) is 48.5 Å². The Labute approximate surface area is 125 Å². The molecule has 2 aromatic carbocycles. The highest BCUT2D eigenvalue weighted by Gasteiger charge is 2.14. The lowest BCUT2D eigenvalue weighted by molar-refractivity contribution is -0.183. The highest BCUT2D eigenvalue weighted by molar-refractivity contribution is 5.70. The van der Waals surface area contributed by atoms with Crippen LogP contribution in [-0.4, -0.2) is 26.1 Å². The van der Waals surface area contributed by atoms with Gasteiger partial charge in [0.2, 0.25) is 0 Å². The molecule has 1 saturated heterocycles. The van der Waals surface area contributed by atoms with Gasteiger partial charge in [-0.2, -0.15) is 0 Å². The van der Waals surface area contributed by atoms with Crippen molar-refractivity contribution in [3.8, 4) is 16.9 Å². The molecule has 3 heteroatoms. The molecule has 1 aliphatic heterocycles. The summed E-state index contributed by atoms with van der Waals surface area (Å²) < 4.78 is 17.0. The third kappa shape index (κ3) is 3.84. The van der Waals surface area contributed by atoms with E-state index < -0.39 is 0 Å². The smallest absolute Gasteiger partial charge is 0.160 e. The van der Waals surface area contributed by atoms with E-state index in [0.717, 1.165) is 37.4 Å². The van der Waals surface area contributed by atoms with Crippen LogP contribution in [-0.2, 0) is 9.47 Å². The first-order chi connectivity index (χ1) is 10.4. The van der Waals surface area contributed by atoms with E-state index >= 15 is 0 Å². The van der Waals surface area contributed by atoms with Gasteiger partial charge < -0.3 is 14.2 Å². The molecular weight excluding hydrogens is 264 g/mol. The van der Waals surface area contributed by atoms with Crippen LogP contribution in [0.4, 0.5) is 0 Å². The zero-order valence-electron chi connectivity index (χ0n) is 12.0. The molecule has 3 rings (SSSR count). The summed E-state index contributed by atoms with van der Waals surface area (Å²) in [6.45, 7) is 2.16. The number of benzene rings is 2. The summed E-state index contributed by atoms with van der Waals surface area (Å²) in [5.74, 6) is 0.902. The molecule has 0 unspecified atom stereocenters. The first-order valence-corrected chi connectivity index (χ1v) is 7.44. The number of hydrogen-bond donors (Lipinski definition) is 0. The van der Waals surface area contributed by atoms with Gasteiger partial charge in [-0.05, 0) is 18.1 Å². The summed E-state index contributed by atoms with van der Waals surface area (Å²) in [6.07, 6.45) is 1.61. The Balaban J connectivity index is 1.63. The van der Waals surface area contributed by atoms with Gasteiger partial charge in [0.05, 0.1) is 19.8 Å². The van der Waals surface area contributed by atoms with Crippen molar-refractivity contribution >= 4 is 0 Å².